The lowest BCUT2D eigenvalue weighted by Crippen LogP contribution is -2.13. The first kappa shape index (κ1) is 12.4. The lowest BCUT2D eigenvalue weighted by molar-refractivity contribution is 0.707. The maximum Gasteiger partial charge on any atom is 0.152 e. The van der Waals surface area contributed by atoms with Crippen LogP contribution in [0.5, 0.6) is 0 Å². The smallest absolute Gasteiger partial charge is 0.152 e. The number of nitrogens with two attached hydrogens (primary N) is 1. The van der Waals surface area contributed by atoms with Crippen molar-refractivity contribution >= 4 is 23.0 Å². The minimum absolute atomic E-state index is 0.287. The minimum atomic E-state index is 0.287. The zero-order valence-electron chi connectivity index (χ0n) is 10.00. The van der Waals surface area contributed by atoms with Crippen molar-refractivity contribution < 1.29 is 0 Å². The van der Waals surface area contributed by atoms with Crippen molar-refractivity contribution in [3.05, 3.63) is 36.0 Å². The highest BCUT2D eigenvalue weighted by Gasteiger charge is 2.04. The highest BCUT2D eigenvalue weighted by atomic mass is 32.1. The van der Waals surface area contributed by atoms with E-state index in [4.69, 9.17) is 18.0 Å². The Bertz CT molecular complexity index is 550. The van der Waals surface area contributed by atoms with Gasteiger partial charge < -0.3 is 15.6 Å². The Kier molecular flexibility index (Phi) is 3.83. The van der Waals surface area contributed by atoms with Crippen LogP contribution in [-0.2, 0) is 13.1 Å². The molecule has 2 heterocycles. The molecule has 0 atom stereocenters. The number of hydrogen-bond donors (Lipinski definition) is 2. The van der Waals surface area contributed by atoms with E-state index in [0.29, 0.717) is 18.1 Å². The van der Waals surface area contributed by atoms with E-state index in [1.54, 1.807) is 12.4 Å². The first-order valence-corrected chi connectivity index (χ1v) is 5.99. The zero-order valence-corrected chi connectivity index (χ0v) is 10.8. The molecule has 0 aliphatic rings. The summed E-state index contributed by atoms with van der Waals surface area (Å²) in [6.45, 7) is 3.44. The Morgan fingerprint density at radius 3 is 3.06 bits per heavy atom. The predicted octanol–water partition coefficient (Wildman–Crippen LogP) is 0.939. The van der Waals surface area contributed by atoms with E-state index in [9.17, 15) is 0 Å². The van der Waals surface area contributed by atoms with Crippen LogP contribution in [0.25, 0.3) is 0 Å². The second-order valence-corrected chi connectivity index (χ2v) is 4.10. The van der Waals surface area contributed by atoms with Crippen molar-refractivity contribution in [1.82, 2.24) is 19.7 Å². The average Bonchev–Trinajstić information content (AvgIpc) is 2.84. The Morgan fingerprint density at radius 2 is 2.33 bits per heavy atom. The second-order valence-electron chi connectivity index (χ2n) is 3.66. The van der Waals surface area contributed by atoms with E-state index in [1.165, 1.54) is 0 Å². The van der Waals surface area contributed by atoms with E-state index >= 15 is 0 Å². The molecule has 0 amide bonds. The van der Waals surface area contributed by atoms with Crippen molar-refractivity contribution in [2.75, 3.05) is 5.32 Å². The summed E-state index contributed by atoms with van der Waals surface area (Å²) >= 11 is 4.89. The molecule has 3 N–H and O–H groups in total. The number of nitrogens with one attached hydrogen (secondary N) is 1. The summed E-state index contributed by atoms with van der Waals surface area (Å²) in [7, 11) is 0. The molecule has 0 bridgehead atoms. The summed E-state index contributed by atoms with van der Waals surface area (Å²) in [5, 5.41) is 11.1. The molecule has 0 aromatic carbocycles. The van der Waals surface area contributed by atoms with Crippen LogP contribution in [0.2, 0.25) is 0 Å². The molecular formula is C11H14N6S. The summed E-state index contributed by atoms with van der Waals surface area (Å²) in [6.07, 6.45) is 1.70. The molecule has 0 aliphatic carbocycles. The van der Waals surface area contributed by atoms with Crippen LogP contribution < -0.4 is 11.1 Å². The lowest BCUT2D eigenvalue weighted by Gasteiger charge is -2.07. The molecule has 6 nitrogen and oxygen atoms in total. The summed E-state index contributed by atoms with van der Waals surface area (Å²) in [4.78, 5) is 4.58. The number of nitrogens with zero attached hydrogens (tertiary/aromatic N) is 4. The van der Waals surface area contributed by atoms with Crippen molar-refractivity contribution in [3.63, 3.8) is 0 Å². The zero-order chi connectivity index (χ0) is 13.0. The van der Waals surface area contributed by atoms with E-state index < -0.39 is 0 Å². The number of aromatic nitrogens is 4. The fraction of sp³-hybridized carbons (Fsp3) is 0.273. The van der Waals surface area contributed by atoms with Gasteiger partial charge in [-0.05, 0) is 19.1 Å². The van der Waals surface area contributed by atoms with Gasteiger partial charge in [0.05, 0.1) is 12.2 Å². The fourth-order valence-electron chi connectivity index (χ4n) is 1.52. The maximum absolute atomic E-state index is 5.53. The molecule has 0 aliphatic heterocycles. The van der Waals surface area contributed by atoms with Gasteiger partial charge in [0, 0.05) is 6.54 Å². The number of hydrogen-bond acceptors (Lipinski definition) is 5. The van der Waals surface area contributed by atoms with Crippen LogP contribution in [0.3, 0.4) is 0 Å². The van der Waals surface area contributed by atoms with Gasteiger partial charge in [-0.1, -0.05) is 18.3 Å². The van der Waals surface area contributed by atoms with Crippen molar-refractivity contribution in [1.29, 1.82) is 0 Å². The molecule has 0 saturated carbocycles. The number of pyridine rings is 1. The summed E-state index contributed by atoms with van der Waals surface area (Å²) in [5.41, 5.74) is 6.14. The van der Waals surface area contributed by atoms with Crippen LogP contribution in [0.15, 0.2) is 24.5 Å². The lowest BCUT2D eigenvalue weighted by atomic mass is 10.3. The predicted molar refractivity (Wildman–Crippen MR) is 73.1 cm³/mol. The van der Waals surface area contributed by atoms with Gasteiger partial charge in [0.25, 0.3) is 0 Å². The number of rotatable bonds is 5. The SMILES string of the molecule is CCn1cnnc1CNc1cccc(C(N)=S)n1. The normalized spacial score (nSPS) is 10.3. The summed E-state index contributed by atoms with van der Waals surface area (Å²) < 4.78 is 1.96. The maximum atomic E-state index is 5.53. The van der Waals surface area contributed by atoms with Crippen LogP contribution in [-0.4, -0.2) is 24.7 Å². The Morgan fingerprint density at radius 1 is 1.50 bits per heavy atom. The largest absolute Gasteiger partial charge is 0.388 e. The van der Waals surface area contributed by atoms with Crippen molar-refractivity contribution in [3.8, 4) is 0 Å². The van der Waals surface area contributed by atoms with E-state index in [-0.39, 0.29) is 4.99 Å². The topological polar surface area (TPSA) is 81.7 Å². The van der Waals surface area contributed by atoms with Crippen LogP contribution >= 0.6 is 12.2 Å². The molecule has 0 spiro atoms. The molecule has 0 radical (unpaired) electrons. The Hall–Kier alpha value is -2.02. The summed E-state index contributed by atoms with van der Waals surface area (Å²) in [5.74, 6) is 1.57. The molecule has 94 valence electrons. The van der Waals surface area contributed by atoms with Gasteiger partial charge in [-0.3, -0.25) is 0 Å². The molecule has 0 unspecified atom stereocenters. The highest BCUT2D eigenvalue weighted by Crippen LogP contribution is 2.06. The molecule has 18 heavy (non-hydrogen) atoms. The molecule has 0 fully saturated rings. The van der Waals surface area contributed by atoms with E-state index in [0.717, 1.165) is 12.4 Å². The van der Waals surface area contributed by atoms with Crippen LogP contribution in [0, 0.1) is 0 Å². The first-order valence-electron chi connectivity index (χ1n) is 5.58. The number of thiocarbonyl (C=S) groups is 1. The quantitative estimate of drug-likeness (QED) is 0.780. The third-order valence-electron chi connectivity index (χ3n) is 2.47. The van der Waals surface area contributed by atoms with Gasteiger partial charge >= 0.3 is 0 Å². The van der Waals surface area contributed by atoms with Crippen molar-refractivity contribution in [2.24, 2.45) is 5.73 Å². The van der Waals surface area contributed by atoms with E-state index in [2.05, 4.69) is 20.5 Å². The molecule has 7 heteroatoms. The average molecular weight is 262 g/mol. The van der Waals surface area contributed by atoms with Gasteiger partial charge in [-0.2, -0.15) is 0 Å². The third-order valence-corrected chi connectivity index (χ3v) is 2.67. The second kappa shape index (κ2) is 5.54. The molecular weight excluding hydrogens is 248 g/mol. The third kappa shape index (κ3) is 2.80. The highest BCUT2D eigenvalue weighted by molar-refractivity contribution is 7.80. The summed E-state index contributed by atoms with van der Waals surface area (Å²) in [6, 6.07) is 5.49. The minimum Gasteiger partial charge on any atom is -0.388 e. The number of aryl methyl sites for hydroxylation is 1. The van der Waals surface area contributed by atoms with Gasteiger partial charge in [0.2, 0.25) is 0 Å². The van der Waals surface area contributed by atoms with Gasteiger partial charge in [-0.25, -0.2) is 4.98 Å². The van der Waals surface area contributed by atoms with Crippen molar-refractivity contribution in [2.45, 2.75) is 20.0 Å². The Balaban J connectivity index is 2.06. The molecule has 2 aromatic rings. The van der Waals surface area contributed by atoms with Gasteiger partial charge in [0.1, 0.15) is 17.1 Å². The monoisotopic (exact) mass is 262 g/mol. The van der Waals surface area contributed by atoms with E-state index in [1.807, 2.05) is 23.6 Å². The van der Waals surface area contributed by atoms with Crippen LogP contribution in [0.1, 0.15) is 18.4 Å². The van der Waals surface area contributed by atoms with Crippen LogP contribution in [0.4, 0.5) is 5.82 Å². The standard InChI is InChI=1S/C11H14N6S/c1-2-17-7-14-16-10(17)6-13-9-5-3-4-8(15-9)11(12)18/h3-5,7H,2,6H2,1H3,(H2,12,18)(H,13,15). The molecule has 2 rings (SSSR count). The fourth-order valence-corrected chi connectivity index (χ4v) is 1.63. The Labute approximate surface area is 110 Å². The van der Waals surface area contributed by atoms with Gasteiger partial charge in [-0.15, -0.1) is 10.2 Å². The number of anilines is 1. The first-order chi connectivity index (χ1) is 8.70. The molecule has 0 saturated heterocycles. The molecule has 2 aromatic heterocycles. The van der Waals surface area contributed by atoms with Gasteiger partial charge in [0.15, 0.2) is 5.82 Å².